The van der Waals surface area contributed by atoms with E-state index in [1.165, 1.54) is 5.56 Å². The van der Waals surface area contributed by atoms with Crippen molar-refractivity contribution < 1.29 is 4.74 Å². The fraction of sp³-hybridized carbons (Fsp3) is 0.571. The summed E-state index contributed by atoms with van der Waals surface area (Å²) in [5, 5.41) is 0. The lowest BCUT2D eigenvalue weighted by Crippen LogP contribution is -2.23. The first-order chi connectivity index (χ1) is 7.68. The fourth-order valence-corrected chi connectivity index (χ4v) is 1.80. The second-order valence-corrected chi connectivity index (χ2v) is 4.48. The largest absolute Gasteiger partial charge is 0.378 e. The van der Waals surface area contributed by atoms with E-state index < -0.39 is 0 Å². The third kappa shape index (κ3) is 5.89. The summed E-state index contributed by atoms with van der Waals surface area (Å²) in [5.41, 5.74) is 7.09. The van der Waals surface area contributed by atoms with Gasteiger partial charge in [-0.25, -0.2) is 0 Å². The molecule has 0 aliphatic heterocycles. The summed E-state index contributed by atoms with van der Waals surface area (Å²) >= 11 is 0. The average molecular weight is 221 g/mol. The van der Waals surface area contributed by atoms with Crippen LogP contribution in [0.1, 0.15) is 32.3 Å². The third-order valence-corrected chi connectivity index (χ3v) is 2.56. The summed E-state index contributed by atoms with van der Waals surface area (Å²) in [7, 11) is 0. The Morgan fingerprint density at radius 3 is 2.50 bits per heavy atom. The van der Waals surface area contributed by atoms with E-state index in [9.17, 15) is 0 Å². The summed E-state index contributed by atoms with van der Waals surface area (Å²) in [6, 6.07) is 10.7. The van der Waals surface area contributed by atoms with Crippen molar-refractivity contribution in [2.24, 2.45) is 5.73 Å². The van der Waals surface area contributed by atoms with Crippen molar-refractivity contribution >= 4 is 0 Å². The molecule has 0 fully saturated rings. The predicted molar refractivity (Wildman–Crippen MR) is 68.4 cm³/mol. The number of hydrogen-bond acceptors (Lipinski definition) is 2. The number of hydrogen-bond donors (Lipinski definition) is 1. The van der Waals surface area contributed by atoms with Gasteiger partial charge in [-0.05, 0) is 38.7 Å². The lowest BCUT2D eigenvalue weighted by molar-refractivity contribution is 0.0554. The Morgan fingerprint density at radius 2 is 1.88 bits per heavy atom. The minimum absolute atomic E-state index is 0.226. The molecule has 90 valence electrons. The molecule has 0 aliphatic carbocycles. The van der Waals surface area contributed by atoms with Gasteiger partial charge in [0.1, 0.15) is 0 Å². The van der Waals surface area contributed by atoms with Gasteiger partial charge in [0, 0.05) is 12.6 Å². The molecule has 16 heavy (non-hydrogen) atoms. The number of ether oxygens (including phenoxy) is 1. The number of nitrogens with two attached hydrogens (primary N) is 1. The maximum atomic E-state index is 5.71. The molecule has 0 aromatic heterocycles. The first kappa shape index (κ1) is 13.2. The zero-order valence-corrected chi connectivity index (χ0v) is 10.4. The number of benzene rings is 1. The lowest BCUT2D eigenvalue weighted by atomic mass is 10.1. The van der Waals surface area contributed by atoms with Gasteiger partial charge in [0.05, 0.1) is 6.10 Å². The molecule has 2 nitrogen and oxygen atoms in total. The highest BCUT2D eigenvalue weighted by Gasteiger charge is 2.04. The van der Waals surface area contributed by atoms with Crippen LogP contribution in [0, 0.1) is 0 Å². The molecule has 2 unspecified atom stereocenters. The van der Waals surface area contributed by atoms with Crippen molar-refractivity contribution in [1.29, 1.82) is 0 Å². The molecule has 1 aromatic rings. The maximum absolute atomic E-state index is 5.71. The minimum atomic E-state index is 0.226. The molecule has 0 heterocycles. The number of rotatable bonds is 7. The quantitative estimate of drug-likeness (QED) is 0.719. The van der Waals surface area contributed by atoms with Crippen molar-refractivity contribution in [3.8, 4) is 0 Å². The molecule has 1 aromatic carbocycles. The standard InChI is InChI=1S/C14H23NO/c1-12(15)11-13(2)16-10-6-9-14-7-4-3-5-8-14/h3-5,7-8,12-13H,6,9-11,15H2,1-2H3. The van der Waals surface area contributed by atoms with Crippen LogP contribution in [-0.4, -0.2) is 18.8 Å². The van der Waals surface area contributed by atoms with Crippen LogP contribution in [0.3, 0.4) is 0 Å². The van der Waals surface area contributed by atoms with Crippen LogP contribution in [0.15, 0.2) is 30.3 Å². The highest BCUT2D eigenvalue weighted by atomic mass is 16.5. The molecule has 0 aliphatic rings. The van der Waals surface area contributed by atoms with E-state index in [0.717, 1.165) is 25.9 Å². The molecule has 0 amide bonds. The van der Waals surface area contributed by atoms with Crippen LogP contribution >= 0.6 is 0 Å². The SMILES string of the molecule is CC(N)CC(C)OCCCc1ccccc1. The average Bonchev–Trinajstić information content (AvgIpc) is 2.25. The summed E-state index contributed by atoms with van der Waals surface area (Å²) in [4.78, 5) is 0. The lowest BCUT2D eigenvalue weighted by Gasteiger charge is -2.14. The molecule has 0 radical (unpaired) electrons. The highest BCUT2D eigenvalue weighted by molar-refractivity contribution is 5.14. The van der Waals surface area contributed by atoms with Gasteiger partial charge in [0.25, 0.3) is 0 Å². The predicted octanol–water partition coefficient (Wildman–Crippen LogP) is 2.76. The monoisotopic (exact) mass is 221 g/mol. The Balaban J connectivity index is 2.08. The van der Waals surface area contributed by atoms with E-state index in [1.54, 1.807) is 0 Å². The fourth-order valence-electron chi connectivity index (χ4n) is 1.80. The number of aryl methyl sites for hydroxylation is 1. The zero-order valence-electron chi connectivity index (χ0n) is 10.4. The van der Waals surface area contributed by atoms with Gasteiger partial charge in [-0.2, -0.15) is 0 Å². The molecule has 0 saturated carbocycles. The summed E-state index contributed by atoms with van der Waals surface area (Å²) in [5.74, 6) is 0. The van der Waals surface area contributed by atoms with E-state index in [-0.39, 0.29) is 12.1 Å². The minimum Gasteiger partial charge on any atom is -0.378 e. The van der Waals surface area contributed by atoms with Gasteiger partial charge < -0.3 is 10.5 Å². The van der Waals surface area contributed by atoms with Crippen molar-refractivity contribution in [3.63, 3.8) is 0 Å². The highest BCUT2D eigenvalue weighted by Crippen LogP contribution is 2.05. The zero-order chi connectivity index (χ0) is 11.8. The Hall–Kier alpha value is -0.860. The van der Waals surface area contributed by atoms with Crippen LogP contribution in [-0.2, 0) is 11.2 Å². The van der Waals surface area contributed by atoms with Crippen LogP contribution in [0.5, 0.6) is 0 Å². The Kier molecular flexibility index (Phi) is 6.12. The van der Waals surface area contributed by atoms with Crippen molar-refractivity contribution in [2.75, 3.05) is 6.61 Å². The maximum Gasteiger partial charge on any atom is 0.0561 e. The molecule has 2 heteroatoms. The van der Waals surface area contributed by atoms with E-state index in [1.807, 2.05) is 13.0 Å². The van der Waals surface area contributed by atoms with E-state index in [2.05, 4.69) is 31.2 Å². The van der Waals surface area contributed by atoms with Gasteiger partial charge in [0.2, 0.25) is 0 Å². The Bertz CT molecular complexity index is 271. The first-order valence-corrected chi connectivity index (χ1v) is 6.09. The second kappa shape index (κ2) is 7.42. The van der Waals surface area contributed by atoms with Crippen molar-refractivity contribution in [2.45, 2.75) is 45.3 Å². The van der Waals surface area contributed by atoms with Crippen LogP contribution in [0.25, 0.3) is 0 Å². The molecule has 0 saturated heterocycles. The Labute approximate surface area is 98.8 Å². The normalized spacial score (nSPS) is 14.7. The Morgan fingerprint density at radius 1 is 1.19 bits per heavy atom. The first-order valence-electron chi connectivity index (χ1n) is 6.09. The molecular formula is C14H23NO. The van der Waals surface area contributed by atoms with Gasteiger partial charge in [-0.3, -0.25) is 0 Å². The summed E-state index contributed by atoms with van der Waals surface area (Å²) < 4.78 is 5.69. The molecular weight excluding hydrogens is 198 g/mol. The van der Waals surface area contributed by atoms with Crippen LogP contribution < -0.4 is 5.73 Å². The molecule has 0 spiro atoms. The van der Waals surface area contributed by atoms with Gasteiger partial charge in [0.15, 0.2) is 0 Å². The van der Waals surface area contributed by atoms with Crippen LogP contribution in [0.4, 0.5) is 0 Å². The topological polar surface area (TPSA) is 35.2 Å². The second-order valence-electron chi connectivity index (χ2n) is 4.48. The van der Waals surface area contributed by atoms with E-state index in [0.29, 0.717) is 0 Å². The van der Waals surface area contributed by atoms with Gasteiger partial charge in [-0.1, -0.05) is 30.3 Å². The van der Waals surface area contributed by atoms with E-state index in [4.69, 9.17) is 10.5 Å². The van der Waals surface area contributed by atoms with Crippen molar-refractivity contribution in [1.82, 2.24) is 0 Å². The molecule has 1 rings (SSSR count). The van der Waals surface area contributed by atoms with E-state index >= 15 is 0 Å². The third-order valence-electron chi connectivity index (χ3n) is 2.56. The molecule has 2 atom stereocenters. The van der Waals surface area contributed by atoms with Crippen molar-refractivity contribution in [3.05, 3.63) is 35.9 Å². The van der Waals surface area contributed by atoms with Gasteiger partial charge in [-0.15, -0.1) is 0 Å². The summed E-state index contributed by atoms with van der Waals surface area (Å²) in [6.45, 7) is 4.93. The molecule has 2 N–H and O–H groups in total. The molecule has 0 bridgehead atoms. The summed E-state index contributed by atoms with van der Waals surface area (Å²) in [6.07, 6.45) is 3.38. The smallest absolute Gasteiger partial charge is 0.0561 e. The van der Waals surface area contributed by atoms with Gasteiger partial charge >= 0.3 is 0 Å². The van der Waals surface area contributed by atoms with Crippen LogP contribution in [0.2, 0.25) is 0 Å².